The summed E-state index contributed by atoms with van der Waals surface area (Å²) in [6.45, 7) is -0.456. The van der Waals surface area contributed by atoms with Gasteiger partial charge in [0.15, 0.2) is 0 Å². The summed E-state index contributed by atoms with van der Waals surface area (Å²) < 4.78 is 5.22. The zero-order valence-corrected chi connectivity index (χ0v) is 9.65. The molecule has 96 valence electrons. The van der Waals surface area contributed by atoms with E-state index in [4.69, 9.17) is 14.7 Å². The highest BCUT2D eigenvalue weighted by Crippen LogP contribution is 2.23. The molecule has 1 aliphatic heterocycles. The Balaban J connectivity index is 2.71. The molecule has 0 aromatic rings. The molecule has 7 heteroatoms. The standard InChI is InChI=1S/C9H20NO6/c1-10(2,3)16-9-8(14)7(13)6(12)5(4-11)15-9/h5-9,11-14H,4H2,1-3H3/q+1/t5-,6+,7-,8+,9?/m1/s1. The van der Waals surface area contributed by atoms with E-state index in [1.165, 1.54) is 0 Å². The summed E-state index contributed by atoms with van der Waals surface area (Å²) >= 11 is 0. The summed E-state index contributed by atoms with van der Waals surface area (Å²) in [6, 6.07) is 0. The first-order valence-corrected chi connectivity index (χ1v) is 5.06. The summed E-state index contributed by atoms with van der Waals surface area (Å²) in [5, 5.41) is 37.6. The van der Waals surface area contributed by atoms with Gasteiger partial charge in [0, 0.05) is 0 Å². The fraction of sp³-hybridized carbons (Fsp3) is 1.00. The van der Waals surface area contributed by atoms with Crippen molar-refractivity contribution in [3.63, 3.8) is 0 Å². The maximum Gasteiger partial charge on any atom is 0.244 e. The van der Waals surface area contributed by atoms with Gasteiger partial charge in [0.2, 0.25) is 6.29 Å². The Hall–Kier alpha value is -0.280. The van der Waals surface area contributed by atoms with E-state index >= 15 is 0 Å². The van der Waals surface area contributed by atoms with Gasteiger partial charge in [-0.3, -0.25) is 0 Å². The van der Waals surface area contributed by atoms with Crippen molar-refractivity contribution in [1.82, 2.24) is 0 Å². The Morgan fingerprint density at radius 2 is 1.62 bits per heavy atom. The largest absolute Gasteiger partial charge is 0.394 e. The number of hydrogen-bond donors (Lipinski definition) is 4. The highest BCUT2D eigenvalue weighted by Gasteiger charge is 2.46. The van der Waals surface area contributed by atoms with E-state index in [1.54, 1.807) is 21.1 Å². The van der Waals surface area contributed by atoms with E-state index in [-0.39, 0.29) is 4.65 Å². The molecule has 0 bridgehead atoms. The molecule has 0 saturated carbocycles. The van der Waals surface area contributed by atoms with Crippen molar-refractivity contribution in [3.05, 3.63) is 0 Å². The average Bonchev–Trinajstić information content (AvgIpc) is 2.17. The van der Waals surface area contributed by atoms with Gasteiger partial charge < -0.3 is 25.2 Å². The summed E-state index contributed by atoms with van der Waals surface area (Å²) in [7, 11) is 5.13. The Morgan fingerprint density at radius 3 is 2.06 bits per heavy atom. The van der Waals surface area contributed by atoms with Crippen molar-refractivity contribution in [3.8, 4) is 0 Å². The van der Waals surface area contributed by atoms with Gasteiger partial charge in [-0.1, -0.05) is 0 Å². The quantitative estimate of drug-likeness (QED) is 0.318. The van der Waals surface area contributed by atoms with Crippen molar-refractivity contribution in [1.29, 1.82) is 0 Å². The second kappa shape index (κ2) is 4.92. The lowest BCUT2D eigenvalue weighted by Gasteiger charge is -2.40. The predicted octanol–water partition coefficient (Wildman–Crippen LogP) is -2.58. The smallest absolute Gasteiger partial charge is 0.244 e. The van der Waals surface area contributed by atoms with Crippen LogP contribution in [0.15, 0.2) is 0 Å². The van der Waals surface area contributed by atoms with Crippen LogP contribution in [0, 0.1) is 0 Å². The van der Waals surface area contributed by atoms with Crippen molar-refractivity contribution in [2.24, 2.45) is 0 Å². The lowest BCUT2D eigenvalue weighted by molar-refractivity contribution is -1.07. The molecule has 5 atom stereocenters. The molecule has 7 nitrogen and oxygen atoms in total. The first-order chi connectivity index (χ1) is 7.26. The molecule has 0 amide bonds. The fourth-order valence-electron chi connectivity index (χ4n) is 1.47. The van der Waals surface area contributed by atoms with Crippen LogP contribution in [0.5, 0.6) is 0 Å². The molecule has 1 aliphatic rings. The Bertz CT molecular complexity index is 229. The number of aliphatic hydroxyl groups is 4. The molecule has 0 aliphatic carbocycles. The number of aliphatic hydroxyl groups excluding tert-OH is 4. The van der Waals surface area contributed by atoms with Crippen molar-refractivity contribution < 1.29 is 34.6 Å². The van der Waals surface area contributed by atoms with Gasteiger partial charge in [0.1, 0.15) is 24.4 Å². The number of hydrogen-bond acceptors (Lipinski definition) is 6. The van der Waals surface area contributed by atoms with Crippen LogP contribution in [0.2, 0.25) is 0 Å². The fourth-order valence-corrected chi connectivity index (χ4v) is 1.47. The Morgan fingerprint density at radius 1 is 1.06 bits per heavy atom. The molecule has 0 radical (unpaired) electrons. The number of quaternary nitrogens is 1. The lowest BCUT2D eigenvalue weighted by atomic mass is 9.99. The molecule has 1 heterocycles. The van der Waals surface area contributed by atoms with Gasteiger partial charge in [-0.15, -0.1) is 0 Å². The molecule has 1 unspecified atom stereocenters. The van der Waals surface area contributed by atoms with Crippen molar-refractivity contribution >= 4 is 0 Å². The van der Waals surface area contributed by atoms with Crippen LogP contribution >= 0.6 is 0 Å². The summed E-state index contributed by atoms with van der Waals surface area (Å²) in [5.41, 5.74) is 0. The third-order valence-electron chi connectivity index (χ3n) is 2.27. The van der Waals surface area contributed by atoms with Gasteiger partial charge in [0.25, 0.3) is 0 Å². The summed E-state index contributed by atoms with van der Waals surface area (Å²) in [5.74, 6) is 0. The third kappa shape index (κ3) is 3.11. The normalized spacial score (nSPS) is 41.1. The predicted molar refractivity (Wildman–Crippen MR) is 52.9 cm³/mol. The zero-order chi connectivity index (χ0) is 12.5. The Kier molecular flexibility index (Phi) is 4.24. The molecule has 4 N–H and O–H groups in total. The van der Waals surface area contributed by atoms with Crippen molar-refractivity contribution in [2.45, 2.75) is 30.7 Å². The average molecular weight is 238 g/mol. The molecule has 1 rings (SSSR count). The first-order valence-electron chi connectivity index (χ1n) is 5.06. The molecule has 16 heavy (non-hydrogen) atoms. The van der Waals surface area contributed by atoms with E-state index < -0.39 is 37.3 Å². The number of rotatable bonds is 3. The second-order valence-corrected chi connectivity index (χ2v) is 4.69. The van der Waals surface area contributed by atoms with E-state index in [0.29, 0.717) is 0 Å². The first kappa shape index (κ1) is 13.8. The van der Waals surface area contributed by atoms with Crippen LogP contribution in [0.4, 0.5) is 0 Å². The summed E-state index contributed by atoms with van der Waals surface area (Å²) in [6.07, 6.45) is -6.13. The summed E-state index contributed by atoms with van der Waals surface area (Å²) in [4.78, 5) is 5.32. The lowest BCUT2D eigenvalue weighted by Crippen LogP contribution is -2.61. The van der Waals surface area contributed by atoms with E-state index in [9.17, 15) is 15.3 Å². The minimum atomic E-state index is -1.40. The van der Waals surface area contributed by atoms with E-state index in [2.05, 4.69) is 0 Å². The Labute approximate surface area is 94.0 Å². The molecule has 0 aromatic heterocycles. The minimum absolute atomic E-state index is 0.0582. The SMILES string of the molecule is C[N+](C)(C)OC1O[C@H](CO)[C@H](O)[C@@H](O)[C@@H]1O. The zero-order valence-electron chi connectivity index (χ0n) is 9.65. The van der Waals surface area contributed by atoms with Crippen LogP contribution < -0.4 is 0 Å². The molecular weight excluding hydrogens is 218 g/mol. The molecular formula is C9H20NO6+. The highest BCUT2D eigenvalue weighted by molar-refractivity contribution is 4.88. The minimum Gasteiger partial charge on any atom is -0.394 e. The van der Waals surface area contributed by atoms with Gasteiger partial charge in [-0.25, -0.2) is 0 Å². The number of ether oxygens (including phenoxy) is 1. The van der Waals surface area contributed by atoms with Crippen LogP contribution in [0.1, 0.15) is 0 Å². The highest BCUT2D eigenvalue weighted by atomic mass is 16.8. The van der Waals surface area contributed by atoms with E-state index in [1.807, 2.05) is 0 Å². The topological polar surface area (TPSA) is 99.4 Å². The van der Waals surface area contributed by atoms with Crippen molar-refractivity contribution in [2.75, 3.05) is 27.7 Å². The molecule has 1 fully saturated rings. The number of nitrogens with zero attached hydrogens (tertiary/aromatic N) is 1. The van der Waals surface area contributed by atoms with Gasteiger partial charge in [-0.05, 0) is 0 Å². The molecule has 1 saturated heterocycles. The molecule has 0 spiro atoms. The van der Waals surface area contributed by atoms with Gasteiger partial charge >= 0.3 is 0 Å². The second-order valence-electron chi connectivity index (χ2n) is 4.69. The maximum absolute atomic E-state index is 9.63. The monoisotopic (exact) mass is 238 g/mol. The van der Waals surface area contributed by atoms with Crippen LogP contribution in [0.25, 0.3) is 0 Å². The molecule has 0 aromatic carbocycles. The van der Waals surface area contributed by atoms with Crippen LogP contribution in [-0.2, 0) is 9.57 Å². The van der Waals surface area contributed by atoms with Crippen LogP contribution in [0.3, 0.4) is 0 Å². The van der Waals surface area contributed by atoms with Crippen LogP contribution in [-0.4, -0.2) is 83.5 Å². The van der Waals surface area contributed by atoms with Gasteiger partial charge in [-0.2, -0.15) is 9.48 Å². The third-order valence-corrected chi connectivity index (χ3v) is 2.27. The van der Waals surface area contributed by atoms with Gasteiger partial charge in [0.05, 0.1) is 27.7 Å². The maximum atomic E-state index is 9.63. The van der Waals surface area contributed by atoms with E-state index in [0.717, 1.165) is 0 Å². The number of hydroxylamine groups is 3.